The smallest absolute Gasteiger partial charge is 0.119 e. The van der Waals surface area contributed by atoms with Crippen molar-refractivity contribution < 1.29 is 37.9 Å². The van der Waals surface area contributed by atoms with Crippen LogP contribution in [0.5, 0.6) is 23.0 Å². The number of benzene rings is 5. The molecule has 4 atom stereocenters. The van der Waals surface area contributed by atoms with Crippen molar-refractivity contribution in [2.24, 2.45) is 0 Å². The molecule has 5 aromatic carbocycles. The fraction of sp³-hybridized carbons (Fsp3) is 0.318. The third-order valence-corrected chi connectivity index (χ3v) is 9.72. The van der Waals surface area contributed by atoms with E-state index in [1.807, 2.05) is 24.3 Å². The Morgan fingerprint density at radius 3 is 0.846 bits per heavy atom. The first kappa shape index (κ1) is 33.0. The van der Waals surface area contributed by atoms with E-state index in [0.717, 1.165) is 82.8 Å². The second kappa shape index (κ2) is 15.0. The molecule has 0 aliphatic carbocycles. The molecular weight excluding hydrogens is 656 g/mol. The van der Waals surface area contributed by atoms with E-state index in [9.17, 15) is 0 Å². The largest absolute Gasteiger partial charge is 0.491 e. The molecule has 8 heteroatoms. The molecule has 8 nitrogen and oxygen atoms in total. The summed E-state index contributed by atoms with van der Waals surface area (Å²) in [5.74, 6) is 3.21. The summed E-state index contributed by atoms with van der Waals surface area (Å²) in [5, 5.41) is 0. The van der Waals surface area contributed by atoms with Crippen molar-refractivity contribution >= 4 is 0 Å². The molecule has 4 fully saturated rings. The van der Waals surface area contributed by atoms with Gasteiger partial charge in [0, 0.05) is 11.8 Å². The summed E-state index contributed by atoms with van der Waals surface area (Å²) >= 11 is 0. The average molecular weight is 699 g/mol. The van der Waals surface area contributed by atoms with Crippen LogP contribution in [0.25, 0.3) is 0 Å². The molecule has 0 amide bonds. The fourth-order valence-electron chi connectivity index (χ4n) is 6.58. The highest BCUT2D eigenvalue weighted by atomic mass is 16.6. The monoisotopic (exact) mass is 698 g/mol. The molecule has 9 rings (SSSR count). The summed E-state index contributed by atoms with van der Waals surface area (Å²) in [5.41, 5.74) is 6.86. The van der Waals surface area contributed by atoms with Gasteiger partial charge in [0.1, 0.15) is 73.8 Å². The minimum absolute atomic E-state index is 0.0586. The van der Waals surface area contributed by atoms with Gasteiger partial charge in [-0.15, -0.1) is 0 Å². The first-order chi connectivity index (χ1) is 25.7. The quantitative estimate of drug-likeness (QED) is 0.0705. The van der Waals surface area contributed by atoms with Gasteiger partial charge in [0.15, 0.2) is 0 Å². The van der Waals surface area contributed by atoms with Gasteiger partial charge < -0.3 is 37.9 Å². The summed E-state index contributed by atoms with van der Waals surface area (Å²) in [6.45, 7) is 5.25. The van der Waals surface area contributed by atoms with Gasteiger partial charge in [-0.3, -0.25) is 0 Å². The fourth-order valence-corrected chi connectivity index (χ4v) is 6.58. The Balaban J connectivity index is 1.06. The maximum absolute atomic E-state index is 6.13. The number of ether oxygens (including phenoxy) is 8. The lowest BCUT2D eigenvalue weighted by molar-refractivity contribution is 0.262. The van der Waals surface area contributed by atoms with Crippen molar-refractivity contribution in [1.82, 2.24) is 0 Å². The van der Waals surface area contributed by atoms with Crippen LogP contribution < -0.4 is 18.9 Å². The van der Waals surface area contributed by atoms with Crippen molar-refractivity contribution in [2.75, 3.05) is 52.9 Å². The molecule has 0 N–H and O–H groups in total. The summed E-state index contributed by atoms with van der Waals surface area (Å²) in [4.78, 5) is 0. The Morgan fingerprint density at radius 1 is 0.365 bits per heavy atom. The van der Waals surface area contributed by atoms with E-state index < -0.39 is 0 Å². The summed E-state index contributed by atoms with van der Waals surface area (Å²) in [7, 11) is 0. The molecule has 4 aliphatic rings. The van der Waals surface area contributed by atoms with Crippen LogP contribution in [-0.4, -0.2) is 77.3 Å². The topological polar surface area (TPSA) is 87.0 Å². The summed E-state index contributed by atoms with van der Waals surface area (Å²) < 4.78 is 46.1. The van der Waals surface area contributed by atoms with Crippen LogP contribution in [0.3, 0.4) is 0 Å². The predicted octanol–water partition coefficient (Wildman–Crippen LogP) is 7.16. The molecule has 5 aromatic rings. The molecule has 4 heterocycles. The Labute approximate surface area is 304 Å². The highest BCUT2D eigenvalue weighted by molar-refractivity contribution is 5.51. The third-order valence-electron chi connectivity index (χ3n) is 9.72. The lowest BCUT2D eigenvalue weighted by atomic mass is 9.81. The summed E-state index contributed by atoms with van der Waals surface area (Å²) in [6.07, 6.45) is 0.734. The van der Waals surface area contributed by atoms with Crippen molar-refractivity contribution in [2.45, 2.75) is 36.3 Å². The van der Waals surface area contributed by atoms with E-state index in [2.05, 4.69) is 97.1 Å². The maximum atomic E-state index is 6.13. The molecule has 0 bridgehead atoms. The zero-order valence-electron chi connectivity index (χ0n) is 28.9. The maximum Gasteiger partial charge on any atom is 0.119 e. The molecule has 0 aromatic heterocycles. The van der Waals surface area contributed by atoms with E-state index in [1.165, 1.54) is 0 Å². The minimum atomic E-state index is -0.0586. The zero-order valence-corrected chi connectivity index (χ0v) is 28.9. The molecule has 4 aliphatic heterocycles. The zero-order chi connectivity index (χ0) is 34.7. The lowest BCUT2D eigenvalue weighted by Gasteiger charge is -2.23. The SMILES string of the molecule is c1cc(OCC2CO2)cc(C(c2ccc(C(c3cccc(OCC4CO4)c3)c3cccc(OCC4CO4)c3)cc2)c2cccc(OCC3CO3)c2)c1. The lowest BCUT2D eigenvalue weighted by Crippen LogP contribution is -2.09. The van der Waals surface area contributed by atoms with Crippen LogP contribution in [-0.2, 0) is 18.9 Å². The van der Waals surface area contributed by atoms with E-state index in [-0.39, 0.29) is 36.3 Å². The van der Waals surface area contributed by atoms with Crippen LogP contribution in [0.1, 0.15) is 45.2 Å². The third kappa shape index (κ3) is 8.60. The number of hydrogen-bond donors (Lipinski definition) is 0. The van der Waals surface area contributed by atoms with Gasteiger partial charge in [-0.25, -0.2) is 0 Å². The molecule has 0 radical (unpaired) electrons. The Kier molecular flexibility index (Phi) is 9.53. The first-order valence-electron chi connectivity index (χ1n) is 18.2. The number of epoxide rings is 4. The standard InChI is InChI=1S/C44H42O8/c1-5-31(17-35(9-1)45-21-39-25-49-39)43(32-6-2-10-36(18-32)46-22-40-26-50-40)29-13-15-30(16-14-29)44(33-7-3-11-37(19-33)47-23-41-27-51-41)34-8-4-12-38(20-34)48-24-42-28-52-42/h1-20,39-44H,21-28H2. The molecule has 4 saturated heterocycles. The second-order valence-electron chi connectivity index (χ2n) is 13.9. The number of hydrogen-bond acceptors (Lipinski definition) is 8. The molecule has 4 unspecified atom stereocenters. The van der Waals surface area contributed by atoms with Gasteiger partial charge in [-0.2, -0.15) is 0 Å². The van der Waals surface area contributed by atoms with E-state index in [1.54, 1.807) is 0 Å². The molecule has 52 heavy (non-hydrogen) atoms. The van der Waals surface area contributed by atoms with E-state index in [0.29, 0.717) is 26.4 Å². The Morgan fingerprint density at radius 2 is 0.615 bits per heavy atom. The van der Waals surface area contributed by atoms with Crippen molar-refractivity contribution in [3.63, 3.8) is 0 Å². The van der Waals surface area contributed by atoms with Crippen LogP contribution in [0.4, 0.5) is 0 Å². The predicted molar refractivity (Wildman–Crippen MR) is 195 cm³/mol. The van der Waals surface area contributed by atoms with Gasteiger partial charge in [-0.05, 0) is 81.9 Å². The minimum Gasteiger partial charge on any atom is -0.491 e. The van der Waals surface area contributed by atoms with Gasteiger partial charge in [0.2, 0.25) is 0 Å². The average Bonchev–Trinajstić information content (AvgIpc) is 3.98. The van der Waals surface area contributed by atoms with Crippen molar-refractivity contribution in [1.29, 1.82) is 0 Å². The van der Waals surface area contributed by atoms with Crippen molar-refractivity contribution in [3.05, 3.63) is 155 Å². The number of rotatable bonds is 18. The molecular formula is C44H42O8. The molecule has 0 spiro atoms. The van der Waals surface area contributed by atoms with Crippen LogP contribution in [0.2, 0.25) is 0 Å². The summed E-state index contributed by atoms with van der Waals surface area (Å²) in [6, 6.07) is 42.6. The van der Waals surface area contributed by atoms with Crippen LogP contribution in [0.15, 0.2) is 121 Å². The first-order valence-corrected chi connectivity index (χ1v) is 18.2. The van der Waals surface area contributed by atoms with Gasteiger partial charge in [0.25, 0.3) is 0 Å². The van der Waals surface area contributed by atoms with Crippen molar-refractivity contribution in [3.8, 4) is 23.0 Å². The van der Waals surface area contributed by atoms with Gasteiger partial charge in [-0.1, -0.05) is 72.8 Å². The highest BCUT2D eigenvalue weighted by Gasteiger charge is 2.27. The molecule has 266 valence electrons. The van der Waals surface area contributed by atoms with E-state index >= 15 is 0 Å². The Bertz CT molecular complexity index is 1700. The molecule has 0 saturated carbocycles. The normalized spacial score (nSPS) is 22.2. The van der Waals surface area contributed by atoms with Gasteiger partial charge in [0.05, 0.1) is 26.4 Å². The highest BCUT2D eigenvalue weighted by Crippen LogP contribution is 2.39. The second-order valence-corrected chi connectivity index (χ2v) is 13.9. The van der Waals surface area contributed by atoms with Crippen LogP contribution >= 0.6 is 0 Å². The van der Waals surface area contributed by atoms with Gasteiger partial charge >= 0.3 is 0 Å². The van der Waals surface area contributed by atoms with E-state index in [4.69, 9.17) is 37.9 Å². The van der Waals surface area contributed by atoms with Crippen LogP contribution in [0, 0.1) is 0 Å². The Hall–Kier alpha value is -4.86.